The van der Waals surface area contributed by atoms with Gasteiger partial charge in [-0.15, -0.1) is 0 Å². The molecule has 19 heavy (non-hydrogen) atoms. The Labute approximate surface area is 111 Å². The van der Waals surface area contributed by atoms with Crippen LogP contribution in [0.3, 0.4) is 0 Å². The number of benzene rings is 3. The lowest BCUT2D eigenvalue weighted by Crippen LogP contribution is -2.01. The molecule has 3 rings (SSSR count). The monoisotopic (exact) mass is 247 g/mol. The number of carbonyl (C=O) groups excluding carboxylic acids is 1. The number of nitrogens with two attached hydrogens (primary N) is 1. The molecule has 3 aromatic carbocycles. The van der Waals surface area contributed by atoms with E-state index < -0.39 is 0 Å². The molecular formula is C17H13NO. The Bertz CT molecular complexity index is 762. The van der Waals surface area contributed by atoms with Gasteiger partial charge in [0.15, 0.2) is 5.78 Å². The highest BCUT2D eigenvalue weighted by atomic mass is 16.1. The molecule has 0 aliphatic carbocycles. The summed E-state index contributed by atoms with van der Waals surface area (Å²) in [5.74, 6) is -0.00180. The molecule has 0 bridgehead atoms. The van der Waals surface area contributed by atoms with E-state index in [1.54, 1.807) is 24.3 Å². The molecule has 0 unspecified atom stereocenters. The van der Waals surface area contributed by atoms with Crippen LogP contribution in [0.2, 0.25) is 0 Å². The molecule has 0 saturated heterocycles. The third-order valence-corrected chi connectivity index (χ3v) is 3.16. The van der Waals surface area contributed by atoms with Crippen LogP contribution >= 0.6 is 0 Å². The molecule has 0 saturated carbocycles. The van der Waals surface area contributed by atoms with Crippen molar-refractivity contribution in [3.05, 3.63) is 77.9 Å². The molecule has 0 aromatic heterocycles. The van der Waals surface area contributed by atoms with Crippen molar-refractivity contribution in [3.8, 4) is 0 Å². The third kappa shape index (κ3) is 2.20. The van der Waals surface area contributed by atoms with Crippen molar-refractivity contribution in [3.63, 3.8) is 0 Å². The first-order chi connectivity index (χ1) is 9.24. The summed E-state index contributed by atoms with van der Waals surface area (Å²) >= 11 is 0. The van der Waals surface area contributed by atoms with Crippen molar-refractivity contribution in [2.24, 2.45) is 0 Å². The predicted octanol–water partition coefficient (Wildman–Crippen LogP) is 3.65. The number of fused-ring (bicyclic) bond motifs is 1. The average Bonchev–Trinajstić information content (AvgIpc) is 2.46. The van der Waals surface area contributed by atoms with Crippen molar-refractivity contribution < 1.29 is 4.79 Å². The van der Waals surface area contributed by atoms with Crippen LogP contribution in [0, 0.1) is 0 Å². The van der Waals surface area contributed by atoms with Gasteiger partial charge >= 0.3 is 0 Å². The average molecular weight is 247 g/mol. The van der Waals surface area contributed by atoms with Crippen LogP contribution < -0.4 is 5.73 Å². The van der Waals surface area contributed by atoms with E-state index in [9.17, 15) is 4.79 Å². The second-order valence-corrected chi connectivity index (χ2v) is 4.52. The first-order valence-corrected chi connectivity index (χ1v) is 6.13. The zero-order valence-electron chi connectivity index (χ0n) is 10.3. The molecule has 2 nitrogen and oxygen atoms in total. The number of anilines is 1. The first kappa shape index (κ1) is 11.5. The summed E-state index contributed by atoms with van der Waals surface area (Å²) in [6.45, 7) is 0. The summed E-state index contributed by atoms with van der Waals surface area (Å²) in [7, 11) is 0. The highest BCUT2D eigenvalue weighted by Crippen LogP contribution is 2.19. The molecule has 2 heteroatoms. The van der Waals surface area contributed by atoms with Gasteiger partial charge in [-0.2, -0.15) is 0 Å². The number of carbonyl (C=O) groups is 1. The van der Waals surface area contributed by atoms with E-state index in [-0.39, 0.29) is 5.78 Å². The molecule has 0 fully saturated rings. The van der Waals surface area contributed by atoms with E-state index >= 15 is 0 Å². The fraction of sp³-hybridized carbons (Fsp3) is 0. The van der Waals surface area contributed by atoms with Crippen LogP contribution in [0.25, 0.3) is 10.8 Å². The summed E-state index contributed by atoms with van der Waals surface area (Å²) in [5, 5.41) is 2.20. The number of ketones is 1. The van der Waals surface area contributed by atoms with E-state index in [0.717, 1.165) is 10.8 Å². The maximum atomic E-state index is 12.4. The highest BCUT2D eigenvalue weighted by Gasteiger charge is 2.09. The molecule has 0 heterocycles. The van der Waals surface area contributed by atoms with E-state index in [4.69, 9.17) is 5.73 Å². The van der Waals surface area contributed by atoms with Gasteiger partial charge in [-0.3, -0.25) is 4.79 Å². The molecular weight excluding hydrogens is 234 g/mol. The van der Waals surface area contributed by atoms with Crippen LogP contribution in [-0.4, -0.2) is 5.78 Å². The summed E-state index contributed by atoms with van der Waals surface area (Å²) in [4.78, 5) is 12.4. The zero-order valence-corrected chi connectivity index (χ0v) is 10.3. The van der Waals surface area contributed by atoms with Crippen molar-refractivity contribution >= 4 is 22.2 Å². The highest BCUT2D eigenvalue weighted by molar-refractivity contribution is 6.11. The fourth-order valence-corrected chi connectivity index (χ4v) is 2.18. The zero-order chi connectivity index (χ0) is 13.2. The predicted molar refractivity (Wildman–Crippen MR) is 78.2 cm³/mol. The van der Waals surface area contributed by atoms with Gasteiger partial charge in [-0.25, -0.2) is 0 Å². The minimum Gasteiger partial charge on any atom is -0.399 e. The van der Waals surface area contributed by atoms with Gasteiger partial charge < -0.3 is 5.73 Å². The number of hydrogen-bond acceptors (Lipinski definition) is 2. The Balaban J connectivity index is 2.06. The SMILES string of the molecule is Nc1cccc(C(=O)c2ccc3ccccc3c2)c1. The van der Waals surface area contributed by atoms with Crippen LogP contribution in [0.15, 0.2) is 66.7 Å². The largest absolute Gasteiger partial charge is 0.399 e. The Hall–Kier alpha value is -2.61. The summed E-state index contributed by atoms with van der Waals surface area (Å²) in [6.07, 6.45) is 0. The van der Waals surface area contributed by atoms with Crippen molar-refractivity contribution in [1.82, 2.24) is 0 Å². The molecule has 0 atom stereocenters. The van der Waals surface area contributed by atoms with Gasteiger partial charge in [0.2, 0.25) is 0 Å². The number of nitrogen functional groups attached to an aromatic ring is 1. The van der Waals surface area contributed by atoms with Crippen LogP contribution in [0.4, 0.5) is 5.69 Å². The first-order valence-electron chi connectivity index (χ1n) is 6.13. The Morgan fingerprint density at radius 1 is 0.737 bits per heavy atom. The third-order valence-electron chi connectivity index (χ3n) is 3.16. The molecule has 3 aromatic rings. The lowest BCUT2D eigenvalue weighted by Gasteiger charge is -2.04. The van der Waals surface area contributed by atoms with Gasteiger partial charge in [0.25, 0.3) is 0 Å². The van der Waals surface area contributed by atoms with Gasteiger partial charge in [-0.05, 0) is 29.0 Å². The van der Waals surface area contributed by atoms with Crippen LogP contribution in [-0.2, 0) is 0 Å². The molecule has 0 radical (unpaired) electrons. The minimum atomic E-state index is -0.00180. The second-order valence-electron chi connectivity index (χ2n) is 4.52. The second kappa shape index (κ2) is 4.58. The maximum Gasteiger partial charge on any atom is 0.193 e. The standard InChI is InChI=1S/C17H13NO/c18-16-7-3-6-14(11-16)17(19)15-9-8-12-4-1-2-5-13(12)10-15/h1-11H,18H2. The summed E-state index contributed by atoms with van der Waals surface area (Å²) < 4.78 is 0. The van der Waals surface area contributed by atoms with Crippen molar-refractivity contribution in [1.29, 1.82) is 0 Å². The number of hydrogen-bond donors (Lipinski definition) is 1. The Morgan fingerprint density at radius 3 is 2.26 bits per heavy atom. The van der Waals surface area contributed by atoms with Gasteiger partial charge in [0.05, 0.1) is 0 Å². The normalized spacial score (nSPS) is 10.5. The summed E-state index contributed by atoms with van der Waals surface area (Å²) in [6, 6.07) is 20.8. The lowest BCUT2D eigenvalue weighted by atomic mass is 10.00. The Kier molecular flexibility index (Phi) is 2.76. The minimum absolute atomic E-state index is 0.00180. The molecule has 2 N–H and O–H groups in total. The topological polar surface area (TPSA) is 43.1 Å². The fourth-order valence-electron chi connectivity index (χ4n) is 2.18. The van der Waals surface area contributed by atoms with E-state index in [1.165, 1.54) is 0 Å². The van der Waals surface area contributed by atoms with Gasteiger partial charge in [0, 0.05) is 16.8 Å². The number of rotatable bonds is 2. The quantitative estimate of drug-likeness (QED) is 0.555. The van der Waals surface area contributed by atoms with Gasteiger partial charge in [-0.1, -0.05) is 48.5 Å². The van der Waals surface area contributed by atoms with E-state index in [2.05, 4.69) is 0 Å². The maximum absolute atomic E-state index is 12.4. The molecule has 92 valence electrons. The van der Waals surface area contributed by atoms with Crippen LogP contribution in [0.5, 0.6) is 0 Å². The molecule has 0 aliphatic rings. The van der Waals surface area contributed by atoms with E-state index in [1.807, 2.05) is 42.5 Å². The Morgan fingerprint density at radius 2 is 1.47 bits per heavy atom. The van der Waals surface area contributed by atoms with E-state index in [0.29, 0.717) is 16.8 Å². The molecule has 0 aliphatic heterocycles. The summed E-state index contributed by atoms with van der Waals surface area (Å²) in [5.41, 5.74) is 7.62. The molecule has 0 amide bonds. The lowest BCUT2D eigenvalue weighted by molar-refractivity contribution is 0.103. The van der Waals surface area contributed by atoms with Gasteiger partial charge in [0.1, 0.15) is 0 Å². The smallest absolute Gasteiger partial charge is 0.193 e. The van der Waals surface area contributed by atoms with Crippen molar-refractivity contribution in [2.45, 2.75) is 0 Å². The van der Waals surface area contributed by atoms with Crippen molar-refractivity contribution in [2.75, 3.05) is 5.73 Å². The van der Waals surface area contributed by atoms with Crippen LogP contribution in [0.1, 0.15) is 15.9 Å². The molecule has 0 spiro atoms.